The molecule has 1 N–H and O–H groups in total. The summed E-state index contributed by atoms with van der Waals surface area (Å²) < 4.78 is 27.3. The van der Waals surface area contributed by atoms with Gasteiger partial charge in [0.1, 0.15) is 0 Å². The van der Waals surface area contributed by atoms with E-state index in [1.54, 1.807) is 11.4 Å². The lowest BCUT2D eigenvalue weighted by molar-refractivity contribution is 0.253. The zero-order valence-electron chi connectivity index (χ0n) is 10.3. The van der Waals surface area contributed by atoms with Crippen LogP contribution in [0.3, 0.4) is 0 Å². The second kappa shape index (κ2) is 5.00. The molecule has 96 valence electrons. The summed E-state index contributed by atoms with van der Waals surface area (Å²) in [5.74, 6) is 0. The summed E-state index contributed by atoms with van der Waals surface area (Å²) in [6.07, 6.45) is 2.30. The van der Waals surface area contributed by atoms with Gasteiger partial charge in [-0.1, -0.05) is 0 Å². The van der Waals surface area contributed by atoms with Crippen molar-refractivity contribution in [2.24, 2.45) is 0 Å². The molecule has 6 heteroatoms. The van der Waals surface area contributed by atoms with Gasteiger partial charge in [0.05, 0.1) is 0 Å². The van der Waals surface area contributed by atoms with E-state index < -0.39 is 10.2 Å². The number of aliphatic hydroxyl groups is 1. The lowest BCUT2D eigenvalue weighted by Crippen LogP contribution is -2.49. The van der Waals surface area contributed by atoms with Crippen LogP contribution in [-0.2, 0) is 10.2 Å². The monoisotopic (exact) mass is 250 g/mol. The second-order valence-corrected chi connectivity index (χ2v) is 6.85. The van der Waals surface area contributed by atoms with Crippen LogP contribution < -0.4 is 0 Å². The highest BCUT2D eigenvalue weighted by atomic mass is 32.2. The highest BCUT2D eigenvalue weighted by Crippen LogP contribution is 2.31. The van der Waals surface area contributed by atoms with Crippen LogP contribution in [0.4, 0.5) is 0 Å². The van der Waals surface area contributed by atoms with E-state index in [0.29, 0.717) is 19.5 Å². The van der Waals surface area contributed by atoms with Crippen LogP contribution in [0.1, 0.15) is 33.1 Å². The fourth-order valence-electron chi connectivity index (χ4n) is 2.09. The van der Waals surface area contributed by atoms with Gasteiger partial charge in [0, 0.05) is 32.3 Å². The molecule has 16 heavy (non-hydrogen) atoms. The summed E-state index contributed by atoms with van der Waals surface area (Å²) in [6.45, 7) is 4.89. The quantitative estimate of drug-likeness (QED) is 0.769. The number of aliphatic hydroxyl groups excluding tert-OH is 1. The third kappa shape index (κ3) is 2.74. The normalized spacial score (nSPS) is 21.8. The first-order valence-corrected chi connectivity index (χ1v) is 7.07. The predicted octanol–water partition coefficient (Wildman–Crippen LogP) is 0.420. The Hall–Kier alpha value is -0.170. The molecule has 0 saturated carbocycles. The van der Waals surface area contributed by atoms with Crippen molar-refractivity contribution in [1.82, 2.24) is 8.61 Å². The molecular weight excluding hydrogens is 228 g/mol. The van der Waals surface area contributed by atoms with Crippen LogP contribution in [0.15, 0.2) is 0 Å². The molecule has 5 nitrogen and oxygen atoms in total. The summed E-state index contributed by atoms with van der Waals surface area (Å²) in [7, 11) is -1.79. The number of nitrogens with zero attached hydrogens (tertiary/aromatic N) is 2. The van der Waals surface area contributed by atoms with Crippen LogP contribution >= 0.6 is 0 Å². The van der Waals surface area contributed by atoms with Gasteiger partial charge in [-0.2, -0.15) is 17.0 Å². The minimum absolute atomic E-state index is 0.0171. The van der Waals surface area contributed by atoms with E-state index >= 15 is 0 Å². The number of hydrogen-bond donors (Lipinski definition) is 1. The van der Waals surface area contributed by atoms with E-state index in [1.165, 1.54) is 4.31 Å². The Morgan fingerprint density at radius 3 is 2.50 bits per heavy atom. The summed E-state index contributed by atoms with van der Waals surface area (Å²) in [5, 5.41) is 8.71. The minimum Gasteiger partial charge on any atom is -0.396 e. The van der Waals surface area contributed by atoms with Crippen molar-refractivity contribution in [3.05, 3.63) is 0 Å². The van der Waals surface area contributed by atoms with Crippen LogP contribution in [0.25, 0.3) is 0 Å². The smallest absolute Gasteiger partial charge is 0.282 e. The second-order valence-electron chi connectivity index (χ2n) is 4.89. The lowest BCUT2D eigenvalue weighted by Gasteiger charge is -2.33. The summed E-state index contributed by atoms with van der Waals surface area (Å²) >= 11 is 0. The van der Waals surface area contributed by atoms with Crippen LogP contribution in [0.5, 0.6) is 0 Å². The maximum Gasteiger partial charge on any atom is 0.282 e. The first-order valence-electron chi connectivity index (χ1n) is 5.67. The van der Waals surface area contributed by atoms with Crippen molar-refractivity contribution in [1.29, 1.82) is 0 Å². The molecule has 0 atom stereocenters. The van der Waals surface area contributed by atoms with Crippen molar-refractivity contribution < 1.29 is 13.5 Å². The van der Waals surface area contributed by atoms with Gasteiger partial charge in [0.25, 0.3) is 10.2 Å². The Morgan fingerprint density at radius 1 is 1.44 bits per heavy atom. The largest absolute Gasteiger partial charge is 0.396 e. The third-order valence-corrected chi connectivity index (χ3v) is 5.33. The molecule has 1 rings (SSSR count). The van der Waals surface area contributed by atoms with Gasteiger partial charge in [-0.05, 0) is 33.1 Å². The number of hydrogen-bond acceptors (Lipinski definition) is 3. The van der Waals surface area contributed by atoms with Gasteiger partial charge in [-0.25, -0.2) is 0 Å². The molecule has 1 saturated heterocycles. The fourth-order valence-corrected chi connectivity index (χ4v) is 3.86. The van der Waals surface area contributed by atoms with Crippen molar-refractivity contribution in [2.75, 3.05) is 26.7 Å². The van der Waals surface area contributed by atoms with Crippen molar-refractivity contribution in [3.63, 3.8) is 0 Å². The van der Waals surface area contributed by atoms with Crippen molar-refractivity contribution >= 4 is 10.2 Å². The molecule has 0 bridgehead atoms. The molecule has 0 aliphatic carbocycles. The van der Waals surface area contributed by atoms with E-state index in [4.69, 9.17) is 5.11 Å². The Labute approximate surface area is 98.2 Å². The van der Waals surface area contributed by atoms with Gasteiger partial charge >= 0.3 is 0 Å². The van der Waals surface area contributed by atoms with Crippen molar-refractivity contribution in [2.45, 2.75) is 38.6 Å². The summed E-state index contributed by atoms with van der Waals surface area (Å²) in [5.41, 5.74) is -0.285. The molecule has 0 spiro atoms. The SMILES string of the molecule is CN(CCCO)S(=O)(=O)N1CCCC1(C)C. The Kier molecular flexibility index (Phi) is 4.34. The summed E-state index contributed by atoms with van der Waals surface area (Å²) in [6, 6.07) is 0. The molecule has 1 aliphatic heterocycles. The maximum atomic E-state index is 12.2. The van der Waals surface area contributed by atoms with E-state index in [0.717, 1.165) is 12.8 Å². The zero-order valence-corrected chi connectivity index (χ0v) is 11.1. The van der Waals surface area contributed by atoms with Crippen LogP contribution in [0.2, 0.25) is 0 Å². The van der Waals surface area contributed by atoms with Crippen molar-refractivity contribution in [3.8, 4) is 0 Å². The Morgan fingerprint density at radius 2 is 2.06 bits per heavy atom. The van der Waals surface area contributed by atoms with Crippen LogP contribution in [-0.4, -0.2) is 54.4 Å². The zero-order chi connectivity index (χ0) is 12.4. The standard InChI is InChI=1S/C10H22N2O3S/c1-10(2)6-4-8-12(10)16(14,15)11(3)7-5-9-13/h13H,4-9H2,1-3H3. The average molecular weight is 250 g/mol. The Bertz CT molecular complexity index is 327. The molecule has 1 aliphatic rings. The topological polar surface area (TPSA) is 60.9 Å². The van der Waals surface area contributed by atoms with Gasteiger partial charge < -0.3 is 5.11 Å². The maximum absolute atomic E-state index is 12.2. The van der Waals surface area contributed by atoms with E-state index in [9.17, 15) is 8.42 Å². The molecule has 0 radical (unpaired) electrons. The lowest BCUT2D eigenvalue weighted by atomic mass is 10.0. The molecular formula is C10H22N2O3S. The predicted molar refractivity (Wildman–Crippen MR) is 63.3 cm³/mol. The van der Waals surface area contributed by atoms with Gasteiger partial charge in [-0.15, -0.1) is 0 Å². The van der Waals surface area contributed by atoms with Gasteiger partial charge in [-0.3, -0.25) is 0 Å². The molecule has 0 aromatic carbocycles. The molecule has 1 heterocycles. The highest BCUT2D eigenvalue weighted by molar-refractivity contribution is 7.86. The molecule has 1 fully saturated rings. The van der Waals surface area contributed by atoms with Gasteiger partial charge in [0.2, 0.25) is 0 Å². The summed E-state index contributed by atoms with van der Waals surface area (Å²) in [4.78, 5) is 0. The fraction of sp³-hybridized carbons (Fsp3) is 1.00. The first kappa shape index (κ1) is 13.9. The third-order valence-electron chi connectivity index (χ3n) is 3.13. The first-order chi connectivity index (χ1) is 7.32. The van der Waals surface area contributed by atoms with E-state index in [-0.39, 0.29) is 12.1 Å². The highest BCUT2D eigenvalue weighted by Gasteiger charge is 2.41. The molecule has 0 aromatic heterocycles. The molecule has 0 unspecified atom stereocenters. The van der Waals surface area contributed by atoms with E-state index in [2.05, 4.69) is 0 Å². The van der Waals surface area contributed by atoms with Gasteiger partial charge in [0.15, 0.2) is 0 Å². The Balaban J connectivity index is 2.77. The molecule has 0 aromatic rings. The molecule has 0 amide bonds. The minimum atomic E-state index is -3.36. The average Bonchev–Trinajstić information content (AvgIpc) is 2.54. The van der Waals surface area contributed by atoms with E-state index in [1.807, 2.05) is 13.8 Å². The number of rotatable bonds is 5. The van der Waals surface area contributed by atoms with Crippen LogP contribution in [0, 0.1) is 0 Å².